The average Bonchev–Trinajstić information content (AvgIpc) is 3.41. The Morgan fingerprint density at radius 1 is 1.13 bits per heavy atom. The van der Waals surface area contributed by atoms with Crippen LogP contribution >= 0.6 is 11.6 Å². The molecule has 1 saturated carbocycles. The fourth-order valence-electron chi connectivity index (χ4n) is 4.56. The van der Waals surface area contributed by atoms with Crippen LogP contribution in [0.3, 0.4) is 0 Å². The minimum atomic E-state index is -0.219. The number of rotatable bonds is 5. The van der Waals surface area contributed by atoms with Gasteiger partial charge in [-0.1, -0.05) is 54.1 Å². The maximum absolute atomic E-state index is 13.3. The molecule has 31 heavy (non-hydrogen) atoms. The third-order valence-corrected chi connectivity index (χ3v) is 6.63. The molecule has 1 aliphatic heterocycles. The molecule has 2 heterocycles. The van der Waals surface area contributed by atoms with Crippen molar-refractivity contribution in [2.24, 2.45) is 0 Å². The monoisotopic (exact) mass is 432 g/mol. The van der Waals surface area contributed by atoms with E-state index in [9.17, 15) is 4.79 Å². The van der Waals surface area contributed by atoms with Crippen LogP contribution in [-0.4, -0.2) is 27.4 Å². The molecule has 158 valence electrons. The zero-order chi connectivity index (χ0) is 21.3. The summed E-state index contributed by atoms with van der Waals surface area (Å²) in [6.07, 6.45) is 8.02. The van der Waals surface area contributed by atoms with Gasteiger partial charge in [-0.05, 0) is 54.5 Å². The first-order valence-corrected chi connectivity index (χ1v) is 11.2. The van der Waals surface area contributed by atoms with Gasteiger partial charge in [0.1, 0.15) is 6.33 Å². The van der Waals surface area contributed by atoms with E-state index < -0.39 is 0 Å². The molecule has 0 radical (unpaired) electrons. The van der Waals surface area contributed by atoms with Crippen molar-refractivity contribution in [3.05, 3.63) is 94.5 Å². The summed E-state index contributed by atoms with van der Waals surface area (Å²) in [4.78, 5) is 24.1. The Bertz CT molecular complexity index is 1070. The Kier molecular flexibility index (Phi) is 5.36. The Morgan fingerprint density at radius 2 is 1.90 bits per heavy atom. The number of aromatic nitrogens is 2. The molecule has 1 aliphatic carbocycles. The lowest BCUT2D eigenvalue weighted by Crippen LogP contribution is -2.45. The molecule has 1 N–H and O–H groups in total. The normalized spacial score (nSPS) is 19.3. The SMILES string of the molecule is O=C(NC1(c2ccccc2)CC1)N1CCC[C@@H]1c1ncncc1Cc1ccc(Cl)cc1. The molecule has 5 nitrogen and oxygen atoms in total. The second kappa shape index (κ2) is 8.31. The molecule has 2 fully saturated rings. The largest absolute Gasteiger partial charge is 0.328 e. The van der Waals surface area contributed by atoms with E-state index in [2.05, 4.69) is 27.4 Å². The quantitative estimate of drug-likeness (QED) is 0.598. The highest BCUT2D eigenvalue weighted by molar-refractivity contribution is 6.30. The van der Waals surface area contributed by atoms with Crippen molar-refractivity contribution in [2.75, 3.05) is 6.54 Å². The molecule has 5 rings (SSSR count). The van der Waals surface area contributed by atoms with E-state index in [4.69, 9.17) is 11.6 Å². The summed E-state index contributed by atoms with van der Waals surface area (Å²) in [6.45, 7) is 0.742. The molecule has 2 amide bonds. The first kappa shape index (κ1) is 20.0. The highest BCUT2D eigenvalue weighted by atomic mass is 35.5. The third kappa shape index (κ3) is 4.15. The van der Waals surface area contributed by atoms with Crippen molar-refractivity contribution < 1.29 is 4.79 Å². The van der Waals surface area contributed by atoms with Gasteiger partial charge in [-0.2, -0.15) is 0 Å². The molecule has 6 heteroatoms. The Balaban J connectivity index is 1.36. The van der Waals surface area contributed by atoms with Crippen molar-refractivity contribution >= 4 is 17.6 Å². The Labute approximate surface area is 187 Å². The molecule has 1 atom stereocenters. The summed E-state index contributed by atoms with van der Waals surface area (Å²) < 4.78 is 0. The van der Waals surface area contributed by atoms with E-state index >= 15 is 0 Å². The predicted molar refractivity (Wildman–Crippen MR) is 121 cm³/mol. The van der Waals surface area contributed by atoms with E-state index in [1.54, 1.807) is 6.33 Å². The number of nitrogens with zero attached hydrogens (tertiary/aromatic N) is 3. The van der Waals surface area contributed by atoms with E-state index in [0.29, 0.717) is 6.42 Å². The number of benzene rings is 2. The minimum absolute atomic E-state index is 0.0000850. The number of hydrogen-bond donors (Lipinski definition) is 1. The van der Waals surface area contributed by atoms with Gasteiger partial charge in [0.15, 0.2) is 0 Å². The first-order valence-electron chi connectivity index (χ1n) is 10.8. The van der Waals surface area contributed by atoms with Crippen molar-refractivity contribution in [1.82, 2.24) is 20.2 Å². The summed E-state index contributed by atoms with van der Waals surface area (Å²) >= 11 is 6.03. The molecule has 1 saturated heterocycles. The lowest BCUT2D eigenvalue weighted by Gasteiger charge is -2.29. The van der Waals surface area contributed by atoms with Crippen LogP contribution < -0.4 is 5.32 Å². The van der Waals surface area contributed by atoms with E-state index in [0.717, 1.165) is 54.1 Å². The van der Waals surface area contributed by atoms with Crippen LogP contribution in [0, 0.1) is 0 Å². The molecule has 1 aromatic heterocycles. The summed E-state index contributed by atoms with van der Waals surface area (Å²) in [5.74, 6) is 0. The minimum Gasteiger partial charge on any atom is -0.328 e. The van der Waals surface area contributed by atoms with Gasteiger partial charge in [-0.3, -0.25) is 0 Å². The number of nitrogens with one attached hydrogen (secondary N) is 1. The summed E-state index contributed by atoms with van der Waals surface area (Å²) in [7, 11) is 0. The fraction of sp³-hybridized carbons (Fsp3) is 0.320. The number of carbonyl (C=O) groups excluding carboxylic acids is 1. The zero-order valence-electron chi connectivity index (χ0n) is 17.3. The van der Waals surface area contributed by atoms with Crippen molar-refractivity contribution in [3.8, 4) is 0 Å². The highest BCUT2D eigenvalue weighted by Gasteiger charge is 2.47. The molecule has 0 unspecified atom stereocenters. The Morgan fingerprint density at radius 3 is 2.65 bits per heavy atom. The van der Waals surface area contributed by atoms with Gasteiger partial charge in [0, 0.05) is 24.2 Å². The van der Waals surface area contributed by atoms with Crippen LogP contribution in [-0.2, 0) is 12.0 Å². The van der Waals surface area contributed by atoms with Crippen LogP contribution in [0.1, 0.15) is 54.1 Å². The molecule has 0 spiro atoms. The molecule has 3 aromatic rings. The number of carbonyl (C=O) groups is 1. The Hall–Kier alpha value is -2.92. The van der Waals surface area contributed by atoms with Gasteiger partial charge in [0.2, 0.25) is 0 Å². The molecule has 2 aromatic carbocycles. The van der Waals surface area contributed by atoms with Gasteiger partial charge in [0.25, 0.3) is 0 Å². The average molecular weight is 433 g/mol. The van der Waals surface area contributed by atoms with E-state index in [-0.39, 0.29) is 17.6 Å². The van der Waals surface area contributed by atoms with Crippen molar-refractivity contribution in [2.45, 2.75) is 43.7 Å². The summed E-state index contributed by atoms with van der Waals surface area (Å²) in [5, 5.41) is 4.05. The molecule has 0 bridgehead atoms. The smallest absolute Gasteiger partial charge is 0.318 e. The van der Waals surface area contributed by atoms with Gasteiger partial charge < -0.3 is 10.2 Å². The van der Waals surface area contributed by atoms with E-state index in [1.807, 2.05) is 53.6 Å². The van der Waals surface area contributed by atoms with Crippen LogP contribution in [0.2, 0.25) is 5.02 Å². The first-order chi connectivity index (χ1) is 15.1. The second-order valence-corrected chi connectivity index (χ2v) is 8.90. The molecular weight excluding hydrogens is 408 g/mol. The molecule has 2 aliphatic rings. The summed E-state index contributed by atoms with van der Waals surface area (Å²) in [6, 6.07) is 18.1. The topological polar surface area (TPSA) is 58.1 Å². The van der Waals surface area contributed by atoms with Crippen LogP contribution in [0.15, 0.2) is 67.1 Å². The third-order valence-electron chi connectivity index (χ3n) is 6.38. The van der Waals surface area contributed by atoms with Gasteiger partial charge in [0.05, 0.1) is 17.3 Å². The van der Waals surface area contributed by atoms with Gasteiger partial charge in [-0.25, -0.2) is 14.8 Å². The molecular formula is C25H25ClN4O. The lowest BCUT2D eigenvalue weighted by atomic mass is 10.00. The zero-order valence-corrected chi connectivity index (χ0v) is 18.1. The van der Waals surface area contributed by atoms with Crippen molar-refractivity contribution in [3.63, 3.8) is 0 Å². The van der Waals surface area contributed by atoms with E-state index in [1.165, 1.54) is 5.56 Å². The standard InChI is InChI=1S/C25H25ClN4O/c26-21-10-8-18(9-11-21)15-19-16-27-17-28-23(19)22-7-4-14-30(22)24(31)29-25(12-13-25)20-5-2-1-3-6-20/h1-3,5-6,8-11,16-17,22H,4,7,12-15H2,(H,29,31)/t22-/m1/s1. The number of hydrogen-bond acceptors (Lipinski definition) is 3. The maximum Gasteiger partial charge on any atom is 0.318 e. The number of likely N-dealkylation sites (tertiary alicyclic amines) is 1. The summed E-state index contributed by atoms with van der Waals surface area (Å²) in [5.41, 5.74) is 4.12. The van der Waals surface area contributed by atoms with Gasteiger partial charge in [-0.15, -0.1) is 0 Å². The van der Waals surface area contributed by atoms with Crippen LogP contribution in [0.25, 0.3) is 0 Å². The second-order valence-electron chi connectivity index (χ2n) is 8.47. The highest BCUT2D eigenvalue weighted by Crippen LogP contribution is 2.46. The van der Waals surface area contributed by atoms with Gasteiger partial charge >= 0.3 is 6.03 Å². The number of urea groups is 1. The number of halogens is 1. The van der Waals surface area contributed by atoms with Crippen LogP contribution in [0.5, 0.6) is 0 Å². The van der Waals surface area contributed by atoms with Crippen LogP contribution in [0.4, 0.5) is 4.79 Å². The lowest BCUT2D eigenvalue weighted by molar-refractivity contribution is 0.186. The fourth-order valence-corrected chi connectivity index (χ4v) is 4.69. The van der Waals surface area contributed by atoms with Crippen molar-refractivity contribution in [1.29, 1.82) is 0 Å². The predicted octanol–water partition coefficient (Wildman–Crippen LogP) is 5.26. The maximum atomic E-state index is 13.3. The number of amides is 2.